The van der Waals surface area contributed by atoms with E-state index in [9.17, 15) is 5.26 Å². The van der Waals surface area contributed by atoms with Crippen molar-refractivity contribution in [2.45, 2.75) is 46.6 Å². The van der Waals surface area contributed by atoms with E-state index in [0.717, 1.165) is 49.9 Å². The third-order valence-corrected chi connectivity index (χ3v) is 8.74. The second-order valence-electron chi connectivity index (χ2n) is 9.81. The molecule has 1 aliphatic rings. The molecule has 0 aliphatic heterocycles. The van der Waals surface area contributed by atoms with Crippen molar-refractivity contribution >= 4 is 54.4 Å². The molecule has 4 rings (SSSR count). The summed E-state index contributed by atoms with van der Waals surface area (Å²) >= 11 is 8.74. The van der Waals surface area contributed by atoms with Gasteiger partial charge in [-0.15, -0.1) is 11.3 Å². The fourth-order valence-corrected chi connectivity index (χ4v) is 6.40. The fraction of sp³-hybridized carbons (Fsp3) is 0.357. The van der Waals surface area contributed by atoms with E-state index in [-0.39, 0.29) is 5.41 Å². The maximum Gasteiger partial charge on any atom is 0.175 e. The van der Waals surface area contributed by atoms with Crippen molar-refractivity contribution in [1.82, 2.24) is 0 Å². The van der Waals surface area contributed by atoms with Crippen LogP contribution in [-0.2, 0) is 19.4 Å². The van der Waals surface area contributed by atoms with Crippen molar-refractivity contribution in [3.05, 3.63) is 72.5 Å². The number of rotatable bonds is 6. The molecule has 1 aliphatic carbocycles. The van der Waals surface area contributed by atoms with E-state index in [2.05, 4.69) is 58.7 Å². The van der Waals surface area contributed by atoms with Crippen LogP contribution < -0.4 is 9.47 Å². The highest BCUT2D eigenvalue weighted by Gasteiger charge is 2.32. The first-order chi connectivity index (χ1) is 16.7. The number of nitrogens with zero attached hydrogens (tertiary/aromatic N) is 2. The monoisotopic (exact) mass is 614 g/mol. The molecule has 1 heterocycles. The number of methoxy groups -OCH3 is 1. The zero-order valence-electron chi connectivity index (χ0n) is 20.3. The molecule has 0 spiro atoms. The van der Waals surface area contributed by atoms with Gasteiger partial charge in [-0.2, -0.15) is 5.26 Å². The lowest BCUT2D eigenvalue weighted by atomic mass is 9.72. The molecule has 0 N–H and O–H groups in total. The molecule has 7 heteroatoms. The van der Waals surface area contributed by atoms with Gasteiger partial charge < -0.3 is 9.47 Å². The fourth-order valence-electron chi connectivity index (χ4n) is 4.34. The van der Waals surface area contributed by atoms with Crippen LogP contribution in [-0.4, -0.2) is 13.3 Å². The second-order valence-corrected chi connectivity index (χ2v) is 12.7. The Hall–Kier alpha value is -2.14. The molecular weight excluding hydrogens is 588 g/mol. The number of thiophene rings is 1. The normalized spacial score (nSPS) is 15.6. The average Bonchev–Trinajstić information content (AvgIpc) is 3.19. The maximum absolute atomic E-state index is 9.85. The number of fused-ring (bicyclic) bond motifs is 1. The molecule has 0 bridgehead atoms. The summed E-state index contributed by atoms with van der Waals surface area (Å²) in [6, 6.07) is 14.3. The molecule has 0 unspecified atom stereocenters. The Morgan fingerprint density at radius 1 is 1.20 bits per heavy atom. The average molecular weight is 616 g/mol. The van der Waals surface area contributed by atoms with Gasteiger partial charge in [-0.25, -0.2) is 4.99 Å². The van der Waals surface area contributed by atoms with Crippen LogP contribution in [0.1, 0.15) is 54.3 Å². The molecule has 2 aromatic carbocycles. The van der Waals surface area contributed by atoms with Crippen LogP contribution in [0.4, 0.5) is 5.00 Å². The summed E-state index contributed by atoms with van der Waals surface area (Å²) in [5, 5.41) is 10.6. The quantitative estimate of drug-likeness (QED) is 0.261. The number of aliphatic imine (C=N–C) groups is 1. The van der Waals surface area contributed by atoms with E-state index in [0.29, 0.717) is 24.0 Å². The molecule has 182 valence electrons. The van der Waals surface area contributed by atoms with Gasteiger partial charge in [0.05, 0.1) is 17.1 Å². The number of hydrogen-bond acceptors (Lipinski definition) is 5. The molecule has 35 heavy (non-hydrogen) atoms. The van der Waals surface area contributed by atoms with Crippen LogP contribution in [0.15, 0.2) is 50.3 Å². The van der Waals surface area contributed by atoms with Gasteiger partial charge in [-0.1, -0.05) is 48.8 Å². The molecule has 1 atom stereocenters. The first kappa shape index (κ1) is 25.9. The lowest BCUT2D eigenvalue weighted by molar-refractivity contribution is 0.218. The molecule has 4 nitrogen and oxygen atoms in total. The summed E-state index contributed by atoms with van der Waals surface area (Å²) in [5.74, 6) is 1.89. The van der Waals surface area contributed by atoms with Crippen molar-refractivity contribution in [1.29, 1.82) is 5.26 Å². The lowest BCUT2D eigenvalue weighted by Crippen LogP contribution is -2.26. The summed E-state index contributed by atoms with van der Waals surface area (Å²) in [7, 11) is 1.63. The van der Waals surface area contributed by atoms with Crippen molar-refractivity contribution in [2.24, 2.45) is 16.3 Å². The van der Waals surface area contributed by atoms with Gasteiger partial charge in [0.1, 0.15) is 17.7 Å². The van der Waals surface area contributed by atoms with Crippen LogP contribution in [0, 0.1) is 22.7 Å². The van der Waals surface area contributed by atoms with E-state index < -0.39 is 0 Å². The van der Waals surface area contributed by atoms with Gasteiger partial charge in [0, 0.05) is 15.6 Å². The predicted molar refractivity (Wildman–Crippen MR) is 150 cm³/mol. The van der Waals surface area contributed by atoms with E-state index in [1.165, 1.54) is 10.4 Å². The zero-order valence-corrected chi connectivity index (χ0v) is 24.3. The first-order valence-electron chi connectivity index (χ1n) is 11.5. The van der Waals surface area contributed by atoms with Crippen LogP contribution in [0.25, 0.3) is 0 Å². The summed E-state index contributed by atoms with van der Waals surface area (Å²) < 4.78 is 13.5. The number of benzene rings is 2. The molecule has 0 saturated carbocycles. The lowest BCUT2D eigenvalue weighted by Gasteiger charge is -2.33. The Bertz CT molecular complexity index is 1280. The second kappa shape index (κ2) is 10.9. The minimum Gasteiger partial charge on any atom is -0.493 e. The van der Waals surface area contributed by atoms with E-state index in [1.54, 1.807) is 24.7 Å². The Morgan fingerprint density at radius 2 is 1.94 bits per heavy atom. The van der Waals surface area contributed by atoms with Gasteiger partial charge in [0.2, 0.25) is 0 Å². The molecule has 0 fully saturated rings. The smallest absolute Gasteiger partial charge is 0.175 e. The number of ether oxygens (including phenoxy) is 2. The van der Waals surface area contributed by atoms with Crippen LogP contribution in [0.3, 0.4) is 0 Å². The highest BCUT2D eigenvalue weighted by atomic mass is 79.9. The largest absolute Gasteiger partial charge is 0.493 e. The zero-order chi connectivity index (χ0) is 25.2. The van der Waals surface area contributed by atoms with Gasteiger partial charge in [-0.3, -0.25) is 0 Å². The Kier molecular flexibility index (Phi) is 8.05. The van der Waals surface area contributed by atoms with E-state index in [1.807, 2.05) is 36.4 Å². The number of halogens is 2. The molecule has 0 amide bonds. The Morgan fingerprint density at radius 3 is 2.60 bits per heavy atom. The van der Waals surface area contributed by atoms with Crippen molar-refractivity contribution < 1.29 is 9.47 Å². The highest BCUT2D eigenvalue weighted by molar-refractivity contribution is 9.10. The standard InChI is InChI=1S/C28H28Br2N2O2S/c1-28(2,3)19-7-10-21-22(14-31)27(35-25(21)13-19)32-15-18-11-23(30)26(24(12-18)33-4)34-16-17-5-8-20(29)9-6-17/h5-6,8-9,11-12,15,19H,7,10,13,16H2,1-4H3/t19-/m0/s1. The van der Waals surface area contributed by atoms with Gasteiger partial charge in [0.15, 0.2) is 11.5 Å². The molecule has 0 radical (unpaired) electrons. The third kappa shape index (κ3) is 5.99. The van der Waals surface area contributed by atoms with Gasteiger partial charge in [0.25, 0.3) is 0 Å². The highest BCUT2D eigenvalue weighted by Crippen LogP contribution is 2.45. The third-order valence-electron chi connectivity index (χ3n) is 6.46. The van der Waals surface area contributed by atoms with Gasteiger partial charge in [-0.05, 0) is 87.5 Å². The summed E-state index contributed by atoms with van der Waals surface area (Å²) in [5.41, 5.74) is 4.12. The number of hydrogen-bond donors (Lipinski definition) is 0. The molecule has 0 saturated heterocycles. The van der Waals surface area contributed by atoms with Crippen molar-refractivity contribution in [3.8, 4) is 17.6 Å². The van der Waals surface area contributed by atoms with Gasteiger partial charge >= 0.3 is 0 Å². The number of nitriles is 1. The molecular formula is C28H28Br2N2O2S. The summed E-state index contributed by atoms with van der Waals surface area (Å²) in [6.45, 7) is 7.34. The summed E-state index contributed by atoms with van der Waals surface area (Å²) in [6.07, 6.45) is 4.90. The topological polar surface area (TPSA) is 54.6 Å². The van der Waals surface area contributed by atoms with Crippen LogP contribution >= 0.6 is 43.2 Å². The van der Waals surface area contributed by atoms with Crippen molar-refractivity contribution in [3.63, 3.8) is 0 Å². The SMILES string of the molecule is COc1cc(C=Nc2sc3c(c2C#N)CC[C@H](C(C)(C)C)C3)cc(Br)c1OCc1ccc(Br)cc1. The van der Waals surface area contributed by atoms with Crippen molar-refractivity contribution in [2.75, 3.05) is 7.11 Å². The minimum absolute atomic E-state index is 0.266. The van der Waals surface area contributed by atoms with Crippen LogP contribution in [0.2, 0.25) is 0 Å². The summed E-state index contributed by atoms with van der Waals surface area (Å²) in [4.78, 5) is 6.05. The molecule has 3 aromatic rings. The first-order valence-corrected chi connectivity index (χ1v) is 13.9. The minimum atomic E-state index is 0.266. The Labute approximate surface area is 228 Å². The Balaban J connectivity index is 1.55. The van der Waals surface area contributed by atoms with E-state index >= 15 is 0 Å². The molecule has 1 aromatic heterocycles. The maximum atomic E-state index is 9.85. The predicted octanol–water partition coefficient (Wildman–Crippen LogP) is 8.63. The van der Waals surface area contributed by atoms with E-state index in [4.69, 9.17) is 14.5 Å². The van der Waals surface area contributed by atoms with Crippen LogP contribution in [0.5, 0.6) is 11.5 Å².